The Bertz CT molecular complexity index is 734. The van der Waals surface area contributed by atoms with Crippen molar-refractivity contribution in [1.82, 2.24) is 19.8 Å². The number of halogens is 1. The van der Waals surface area contributed by atoms with E-state index < -0.39 is 0 Å². The quantitative estimate of drug-likeness (QED) is 0.701. The van der Waals surface area contributed by atoms with Gasteiger partial charge in [0.05, 0.1) is 11.4 Å². The molecule has 2 heterocycles. The van der Waals surface area contributed by atoms with Crippen molar-refractivity contribution >= 4 is 27.3 Å². The minimum absolute atomic E-state index is 0.634. The molecule has 0 bridgehead atoms. The molecule has 2 aromatic heterocycles. The van der Waals surface area contributed by atoms with Gasteiger partial charge in [-0.25, -0.2) is 0 Å². The van der Waals surface area contributed by atoms with Gasteiger partial charge in [-0.15, -0.1) is 10.2 Å². The Morgan fingerprint density at radius 1 is 1.17 bits per heavy atom. The van der Waals surface area contributed by atoms with E-state index in [1.165, 1.54) is 0 Å². The molecular formula is C12H10BrN5. The van der Waals surface area contributed by atoms with Crippen LogP contribution in [0.2, 0.25) is 0 Å². The zero-order chi connectivity index (χ0) is 12.7. The second-order valence-electron chi connectivity index (χ2n) is 3.97. The highest BCUT2D eigenvalue weighted by Crippen LogP contribution is 2.30. The Morgan fingerprint density at radius 2 is 2.00 bits per heavy atom. The number of rotatable bonds is 1. The Labute approximate surface area is 112 Å². The monoisotopic (exact) mass is 303 g/mol. The number of nitrogen functional groups attached to an aromatic ring is 1. The summed E-state index contributed by atoms with van der Waals surface area (Å²) in [7, 11) is 0. The molecule has 0 atom stereocenters. The molecule has 1 aromatic carbocycles. The summed E-state index contributed by atoms with van der Waals surface area (Å²) in [5.74, 6) is 0.646. The third kappa shape index (κ3) is 1.65. The average Bonchev–Trinajstić information content (AvgIpc) is 2.75. The van der Waals surface area contributed by atoms with E-state index in [2.05, 4.69) is 31.2 Å². The maximum atomic E-state index is 6.05. The van der Waals surface area contributed by atoms with Crippen LogP contribution < -0.4 is 5.73 Å². The predicted molar refractivity (Wildman–Crippen MR) is 73.1 cm³/mol. The van der Waals surface area contributed by atoms with E-state index in [0.717, 1.165) is 15.7 Å². The van der Waals surface area contributed by atoms with Gasteiger partial charge in [-0.05, 0) is 47.1 Å². The maximum Gasteiger partial charge on any atom is 0.187 e. The summed E-state index contributed by atoms with van der Waals surface area (Å²) >= 11 is 3.41. The third-order valence-corrected chi connectivity index (χ3v) is 3.38. The Balaban J connectivity index is 2.32. The van der Waals surface area contributed by atoms with Crippen LogP contribution in [0.4, 0.5) is 5.69 Å². The van der Waals surface area contributed by atoms with E-state index in [-0.39, 0.29) is 0 Å². The second kappa shape index (κ2) is 4.06. The molecule has 0 saturated carbocycles. The molecule has 18 heavy (non-hydrogen) atoms. The average molecular weight is 304 g/mol. The fourth-order valence-electron chi connectivity index (χ4n) is 1.78. The van der Waals surface area contributed by atoms with Gasteiger partial charge < -0.3 is 5.73 Å². The first-order valence-electron chi connectivity index (χ1n) is 5.40. The molecule has 0 amide bonds. The highest BCUT2D eigenvalue weighted by molar-refractivity contribution is 9.10. The molecule has 5 nitrogen and oxygen atoms in total. The van der Waals surface area contributed by atoms with Crippen molar-refractivity contribution in [2.75, 3.05) is 5.73 Å². The molecule has 6 heteroatoms. The Kier molecular flexibility index (Phi) is 2.52. The standard InChI is InChI=1S/C12H10BrN5/c1-7-5-6-10-15-16-12(18(10)17-7)8-3-2-4-9(13)11(8)14/h2-6H,14H2,1H3. The molecule has 0 radical (unpaired) electrons. The van der Waals surface area contributed by atoms with Gasteiger partial charge in [0.15, 0.2) is 11.5 Å². The van der Waals surface area contributed by atoms with Gasteiger partial charge in [-0.2, -0.15) is 9.61 Å². The number of aryl methyl sites for hydroxylation is 1. The van der Waals surface area contributed by atoms with Crippen molar-refractivity contribution in [1.29, 1.82) is 0 Å². The molecule has 0 spiro atoms. The van der Waals surface area contributed by atoms with Crippen molar-refractivity contribution in [3.05, 3.63) is 40.5 Å². The number of anilines is 1. The first-order valence-corrected chi connectivity index (χ1v) is 6.19. The largest absolute Gasteiger partial charge is 0.397 e. The normalized spacial score (nSPS) is 11.0. The van der Waals surface area contributed by atoms with Crippen molar-refractivity contribution in [2.24, 2.45) is 0 Å². The Morgan fingerprint density at radius 3 is 2.83 bits per heavy atom. The molecule has 90 valence electrons. The molecule has 0 aliphatic heterocycles. The van der Waals surface area contributed by atoms with Gasteiger partial charge in [0.2, 0.25) is 0 Å². The van der Waals surface area contributed by atoms with Crippen molar-refractivity contribution in [3.63, 3.8) is 0 Å². The topological polar surface area (TPSA) is 69.1 Å². The number of hydrogen-bond donors (Lipinski definition) is 1. The van der Waals surface area contributed by atoms with Crippen LogP contribution >= 0.6 is 15.9 Å². The highest BCUT2D eigenvalue weighted by atomic mass is 79.9. The number of hydrogen-bond acceptors (Lipinski definition) is 4. The number of nitrogens with two attached hydrogens (primary N) is 1. The van der Waals surface area contributed by atoms with Gasteiger partial charge in [0.25, 0.3) is 0 Å². The zero-order valence-corrected chi connectivity index (χ0v) is 11.2. The predicted octanol–water partition coefficient (Wildman–Crippen LogP) is 2.44. The van der Waals surface area contributed by atoms with Crippen molar-refractivity contribution < 1.29 is 0 Å². The van der Waals surface area contributed by atoms with Gasteiger partial charge in [-0.1, -0.05) is 6.07 Å². The van der Waals surface area contributed by atoms with Crippen LogP contribution in [0.5, 0.6) is 0 Å². The summed E-state index contributed by atoms with van der Waals surface area (Å²) in [6.07, 6.45) is 0. The molecule has 0 unspecified atom stereocenters. The van der Waals surface area contributed by atoms with Crippen LogP contribution in [0.25, 0.3) is 17.0 Å². The number of benzene rings is 1. The van der Waals surface area contributed by atoms with Crippen molar-refractivity contribution in [3.8, 4) is 11.4 Å². The maximum absolute atomic E-state index is 6.05. The third-order valence-electron chi connectivity index (χ3n) is 2.69. The zero-order valence-electron chi connectivity index (χ0n) is 9.63. The van der Waals surface area contributed by atoms with Crippen LogP contribution in [0.3, 0.4) is 0 Å². The first kappa shape index (κ1) is 11.2. The lowest BCUT2D eigenvalue weighted by Gasteiger charge is -2.05. The summed E-state index contributed by atoms with van der Waals surface area (Å²) in [6, 6.07) is 9.49. The van der Waals surface area contributed by atoms with Gasteiger partial charge >= 0.3 is 0 Å². The number of aromatic nitrogens is 4. The highest BCUT2D eigenvalue weighted by Gasteiger charge is 2.13. The smallest absolute Gasteiger partial charge is 0.187 e. The summed E-state index contributed by atoms with van der Waals surface area (Å²) < 4.78 is 2.54. The van der Waals surface area contributed by atoms with Crippen LogP contribution in [-0.2, 0) is 0 Å². The molecule has 2 N–H and O–H groups in total. The fraction of sp³-hybridized carbons (Fsp3) is 0.0833. The lowest BCUT2D eigenvalue weighted by molar-refractivity contribution is 0.902. The van der Waals surface area contributed by atoms with Gasteiger partial charge in [0, 0.05) is 10.0 Å². The Hall–Kier alpha value is -1.95. The second-order valence-corrected chi connectivity index (χ2v) is 4.82. The lowest BCUT2D eigenvalue weighted by atomic mass is 10.2. The molecule has 0 aliphatic rings. The van der Waals surface area contributed by atoms with Crippen LogP contribution in [0.1, 0.15) is 5.69 Å². The van der Waals surface area contributed by atoms with E-state index in [4.69, 9.17) is 5.73 Å². The molecule has 3 aromatic rings. The lowest BCUT2D eigenvalue weighted by Crippen LogP contribution is -1.99. The van der Waals surface area contributed by atoms with E-state index in [1.54, 1.807) is 4.52 Å². The molecule has 0 fully saturated rings. The van der Waals surface area contributed by atoms with E-state index in [1.807, 2.05) is 37.3 Å². The van der Waals surface area contributed by atoms with Crippen LogP contribution in [-0.4, -0.2) is 19.8 Å². The summed E-state index contributed by atoms with van der Waals surface area (Å²) in [5, 5.41) is 12.6. The van der Waals surface area contributed by atoms with E-state index >= 15 is 0 Å². The number of para-hydroxylation sites is 1. The SMILES string of the molecule is Cc1ccc2nnc(-c3cccc(Br)c3N)n2n1. The van der Waals surface area contributed by atoms with Crippen LogP contribution in [0, 0.1) is 6.92 Å². The summed E-state index contributed by atoms with van der Waals surface area (Å²) in [6.45, 7) is 1.92. The summed E-state index contributed by atoms with van der Waals surface area (Å²) in [5.41, 5.74) is 9.10. The van der Waals surface area contributed by atoms with E-state index in [0.29, 0.717) is 17.2 Å². The fourth-order valence-corrected chi connectivity index (χ4v) is 2.15. The molecule has 0 saturated heterocycles. The van der Waals surface area contributed by atoms with E-state index in [9.17, 15) is 0 Å². The number of fused-ring (bicyclic) bond motifs is 1. The van der Waals surface area contributed by atoms with Crippen LogP contribution in [0.15, 0.2) is 34.8 Å². The van der Waals surface area contributed by atoms with Gasteiger partial charge in [-0.3, -0.25) is 0 Å². The number of nitrogens with zero attached hydrogens (tertiary/aromatic N) is 4. The van der Waals surface area contributed by atoms with Gasteiger partial charge in [0.1, 0.15) is 0 Å². The van der Waals surface area contributed by atoms with Crippen molar-refractivity contribution in [2.45, 2.75) is 6.92 Å². The molecule has 3 rings (SSSR count). The first-order chi connectivity index (χ1) is 8.66. The molecule has 0 aliphatic carbocycles. The summed E-state index contributed by atoms with van der Waals surface area (Å²) in [4.78, 5) is 0. The minimum atomic E-state index is 0.634. The molecular weight excluding hydrogens is 294 g/mol. The minimum Gasteiger partial charge on any atom is -0.397 e.